The molecule has 0 spiro atoms. The van der Waals surface area contributed by atoms with Crippen LogP contribution in [0.3, 0.4) is 0 Å². The molecule has 27 heavy (non-hydrogen) atoms. The fraction of sp³-hybridized carbons (Fsp3) is 0.571. The van der Waals surface area contributed by atoms with Crippen LogP contribution in [0.1, 0.15) is 11.1 Å². The Labute approximate surface area is 162 Å². The van der Waals surface area contributed by atoms with Gasteiger partial charge < -0.3 is 19.9 Å². The third kappa shape index (κ3) is 5.23. The first-order chi connectivity index (χ1) is 13.1. The molecule has 0 bridgehead atoms. The van der Waals surface area contributed by atoms with Crippen molar-refractivity contribution in [2.45, 2.75) is 20.0 Å². The summed E-state index contributed by atoms with van der Waals surface area (Å²) in [6.45, 7) is 15.4. The zero-order chi connectivity index (χ0) is 19.2. The quantitative estimate of drug-likeness (QED) is 0.804. The van der Waals surface area contributed by atoms with Gasteiger partial charge in [0, 0.05) is 58.0 Å². The molecule has 1 atom stereocenters. The second kappa shape index (κ2) is 9.24. The number of hydrogen-bond acceptors (Lipinski definition) is 4. The van der Waals surface area contributed by atoms with Gasteiger partial charge in [-0.05, 0) is 37.1 Å². The Hall–Kier alpha value is -2.05. The molecule has 2 saturated heterocycles. The number of ether oxygens (including phenoxy) is 1. The summed E-state index contributed by atoms with van der Waals surface area (Å²) >= 11 is 0. The lowest BCUT2D eigenvalue weighted by Crippen LogP contribution is -2.55. The van der Waals surface area contributed by atoms with Crippen LogP contribution >= 0.6 is 0 Å². The summed E-state index contributed by atoms with van der Waals surface area (Å²) < 4.78 is 5.91. The van der Waals surface area contributed by atoms with E-state index in [1.165, 1.54) is 16.8 Å². The van der Waals surface area contributed by atoms with E-state index in [1.807, 2.05) is 4.90 Å². The number of aryl methyl sites for hydroxylation is 2. The highest BCUT2D eigenvalue weighted by Crippen LogP contribution is 2.20. The van der Waals surface area contributed by atoms with Gasteiger partial charge in [0.05, 0.1) is 12.7 Å². The second-order valence-corrected chi connectivity index (χ2v) is 7.47. The van der Waals surface area contributed by atoms with Crippen LogP contribution in [0, 0.1) is 13.8 Å². The van der Waals surface area contributed by atoms with E-state index in [1.54, 1.807) is 6.08 Å². The standard InChI is InChI=1S/C21H32N4O2/c1-4-7-22-21(26)25-12-13-27-20(16-25)15-23-8-10-24(11-9-23)19-6-5-17(2)18(3)14-19/h4-6,14,20H,1,7-13,15-16H2,2-3H3,(H,22,26). The van der Waals surface area contributed by atoms with Gasteiger partial charge in [0.25, 0.3) is 0 Å². The maximum atomic E-state index is 12.1. The Kier molecular flexibility index (Phi) is 6.74. The molecule has 3 rings (SSSR count). The fourth-order valence-corrected chi connectivity index (χ4v) is 3.68. The van der Waals surface area contributed by atoms with Gasteiger partial charge in [-0.3, -0.25) is 4.90 Å². The smallest absolute Gasteiger partial charge is 0.317 e. The number of anilines is 1. The molecule has 0 radical (unpaired) electrons. The largest absolute Gasteiger partial charge is 0.373 e. The molecule has 2 aliphatic heterocycles. The van der Waals surface area contributed by atoms with Crippen LogP contribution in [-0.4, -0.2) is 80.9 Å². The zero-order valence-electron chi connectivity index (χ0n) is 16.6. The van der Waals surface area contributed by atoms with Gasteiger partial charge in [0.2, 0.25) is 0 Å². The van der Waals surface area contributed by atoms with Gasteiger partial charge in [0.1, 0.15) is 0 Å². The molecule has 1 aromatic rings. The number of urea groups is 1. The van der Waals surface area contributed by atoms with E-state index in [-0.39, 0.29) is 12.1 Å². The molecule has 2 aliphatic rings. The van der Waals surface area contributed by atoms with Gasteiger partial charge in [-0.2, -0.15) is 0 Å². The second-order valence-electron chi connectivity index (χ2n) is 7.47. The normalized spacial score (nSPS) is 21.2. The molecule has 0 saturated carbocycles. The van der Waals surface area contributed by atoms with E-state index in [9.17, 15) is 4.79 Å². The van der Waals surface area contributed by atoms with Crippen LogP contribution in [0.25, 0.3) is 0 Å². The van der Waals surface area contributed by atoms with Crippen LogP contribution in [0.5, 0.6) is 0 Å². The molecule has 1 N–H and O–H groups in total. The summed E-state index contributed by atoms with van der Waals surface area (Å²) in [6, 6.07) is 6.69. The van der Waals surface area contributed by atoms with Crippen molar-refractivity contribution in [1.29, 1.82) is 0 Å². The molecule has 0 aliphatic carbocycles. The van der Waals surface area contributed by atoms with E-state index >= 15 is 0 Å². The van der Waals surface area contributed by atoms with Gasteiger partial charge >= 0.3 is 6.03 Å². The third-order valence-electron chi connectivity index (χ3n) is 5.51. The van der Waals surface area contributed by atoms with Crippen LogP contribution in [0.15, 0.2) is 30.9 Å². The average molecular weight is 373 g/mol. The molecule has 2 fully saturated rings. The molecule has 1 unspecified atom stereocenters. The number of hydrogen-bond donors (Lipinski definition) is 1. The highest BCUT2D eigenvalue weighted by molar-refractivity contribution is 5.74. The van der Waals surface area contributed by atoms with Crippen LogP contribution < -0.4 is 10.2 Å². The van der Waals surface area contributed by atoms with E-state index < -0.39 is 0 Å². The summed E-state index contributed by atoms with van der Waals surface area (Å²) in [5.41, 5.74) is 4.01. The number of carbonyl (C=O) groups excluding carboxylic acids is 1. The van der Waals surface area contributed by atoms with Crippen molar-refractivity contribution in [3.63, 3.8) is 0 Å². The first-order valence-corrected chi connectivity index (χ1v) is 9.86. The molecular formula is C21H32N4O2. The summed E-state index contributed by atoms with van der Waals surface area (Å²) in [5, 5.41) is 2.85. The third-order valence-corrected chi connectivity index (χ3v) is 5.51. The van der Waals surface area contributed by atoms with Gasteiger partial charge in [0.15, 0.2) is 0 Å². The highest BCUT2D eigenvalue weighted by atomic mass is 16.5. The molecular weight excluding hydrogens is 340 g/mol. The number of amides is 2. The van der Waals surface area contributed by atoms with Gasteiger partial charge in [-0.1, -0.05) is 12.1 Å². The van der Waals surface area contributed by atoms with Crippen LogP contribution in [0.4, 0.5) is 10.5 Å². The molecule has 2 amide bonds. The average Bonchev–Trinajstić information content (AvgIpc) is 2.69. The van der Waals surface area contributed by atoms with Crippen molar-refractivity contribution in [3.8, 4) is 0 Å². The number of morpholine rings is 1. The van der Waals surface area contributed by atoms with E-state index in [2.05, 4.69) is 53.7 Å². The Morgan fingerprint density at radius 1 is 1.22 bits per heavy atom. The first kappa shape index (κ1) is 19.7. The Balaban J connectivity index is 1.46. The van der Waals surface area contributed by atoms with Crippen molar-refractivity contribution in [3.05, 3.63) is 42.0 Å². The summed E-state index contributed by atoms with van der Waals surface area (Å²) in [4.78, 5) is 18.9. The van der Waals surface area contributed by atoms with Crippen molar-refractivity contribution >= 4 is 11.7 Å². The number of nitrogens with zero attached hydrogens (tertiary/aromatic N) is 3. The lowest BCUT2D eigenvalue weighted by Gasteiger charge is -2.40. The predicted octanol–water partition coefficient (Wildman–Crippen LogP) is 2.02. The Bertz CT molecular complexity index is 656. The minimum Gasteiger partial charge on any atom is -0.373 e. The monoisotopic (exact) mass is 372 g/mol. The topological polar surface area (TPSA) is 48.1 Å². The first-order valence-electron chi connectivity index (χ1n) is 9.86. The number of benzene rings is 1. The summed E-state index contributed by atoms with van der Waals surface area (Å²) in [7, 11) is 0. The highest BCUT2D eigenvalue weighted by Gasteiger charge is 2.27. The minimum absolute atomic E-state index is 0.0252. The number of nitrogens with one attached hydrogen (secondary N) is 1. The Morgan fingerprint density at radius 3 is 2.70 bits per heavy atom. The van der Waals surface area contributed by atoms with Gasteiger partial charge in [-0.15, -0.1) is 6.58 Å². The predicted molar refractivity (Wildman–Crippen MR) is 109 cm³/mol. The number of piperazine rings is 1. The van der Waals surface area contributed by atoms with E-state index in [0.29, 0.717) is 26.2 Å². The van der Waals surface area contributed by atoms with Crippen molar-refractivity contribution < 1.29 is 9.53 Å². The molecule has 0 aromatic heterocycles. The lowest BCUT2D eigenvalue weighted by molar-refractivity contribution is -0.0309. The molecule has 6 heteroatoms. The SMILES string of the molecule is C=CCNC(=O)N1CCOC(CN2CCN(c3ccc(C)c(C)c3)CC2)C1. The molecule has 148 valence electrons. The number of rotatable bonds is 5. The molecule has 1 aromatic carbocycles. The molecule has 2 heterocycles. The maximum Gasteiger partial charge on any atom is 0.317 e. The lowest BCUT2D eigenvalue weighted by atomic mass is 10.1. The minimum atomic E-state index is -0.0252. The van der Waals surface area contributed by atoms with Crippen LogP contribution in [0.2, 0.25) is 0 Å². The van der Waals surface area contributed by atoms with Crippen molar-refractivity contribution in [1.82, 2.24) is 15.1 Å². The van der Waals surface area contributed by atoms with Crippen molar-refractivity contribution in [2.24, 2.45) is 0 Å². The van der Waals surface area contributed by atoms with Crippen LogP contribution in [-0.2, 0) is 4.74 Å². The van der Waals surface area contributed by atoms with Crippen molar-refractivity contribution in [2.75, 3.05) is 63.9 Å². The fourth-order valence-electron chi connectivity index (χ4n) is 3.68. The van der Waals surface area contributed by atoms with Gasteiger partial charge in [-0.25, -0.2) is 4.79 Å². The summed E-state index contributed by atoms with van der Waals surface area (Å²) in [6.07, 6.45) is 1.78. The maximum absolute atomic E-state index is 12.1. The zero-order valence-corrected chi connectivity index (χ0v) is 16.6. The molecule has 6 nitrogen and oxygen atoms in total. The van der Waals surface area contributed by atoms with E-state index in [4.69, 9.17) is 4.74 Å². The Morgan fingerprint density at radius 2 is 2.00 bits per heavy atom. The number of carbonyl (C=O) groups is 1. The summed E-state index contributed by atoms with van der Waals surface area (Å²) in [5.74, 6) is 0. The van der Waals surface area contributed by atoms with E-state index in [0.717, 1.165) is 32.7 Å².